The number of benzene rings is 2. The van der Waals surface area contributed by atoms with Crippen LogP contribution in [0.1, 0.15) is 78.8 Å². The first-order valence-electron chi connectivity index (χ1n) is 15.6. The Kier molecular flexibility index (Phi) is 15.2. The smallest absolute Gasteiger partial charge is 0.253 e. The Morgan fingerprint density at radius 3 is 2.04 bits per heavy atom. The zero-order chi connectivity index (χ0) is 34.6. The number of hydrogen-bond donors (Lipinski definition) is 4. The van der Waals surface area contributed by atoms with Crippen molar-refractivity contribution in [2.45, 2.75) is 84.5 Å². The summed E-state index contributed by atoms with van der Waals surface area (Å²) in [5.41, 5.74) is 1.33. The molecule has 0 saturated carbocycles. The molecule has 4 N–H and O–H groups in total. The minimum atomic E-state index is -3.39. The van der Waals surface area contributed by atoms with Gasteiger partial charge in [0.2, 0.25) is 5.91 Å². The van der Waals surface area contributed by atoms with Crippen molar-refractivity contribution in [3.05, 3.63) is 70.3 Å². The average Bonchev–Trinajstić information content (AvgIpc) is 2.94. The van der Waals surface area contributed by atoms with E-state index in [1.807, 2.05) is 13.8 Å². The Morgan fingerprint density at radius 1 is 0.913 bits per heavy atom. The molecule has 2 unspecified atom stereocenters. The van der Waals surface area contributed by atoms with Crippen molar-refractivity contribution in [1.29, 1.82) is 0 Å². The van der Waals surface area contributed by atoms with E-state index < -0.39 is 51.5 Å². The fourth-order valence-electron chi connectivity index (χ4n) is 5.04. The Morgan fingerprint density at radius 2 is 1.50 bits per heavy atom. The highest BCUT2D eigenvalue weighted by Crippen LogP contribution is 2.16. The molecule has 0 aliphatic carbocycles. The van der Waals surface area contributed by atoms with Crippen molar-refractivity contribution < 1.29 is 36.7 Å². The van der Waals surface area contributed by atoms with Gasteiger partial charge < -0.3 is 26.0 Å². The van der Waals surface area contributed by atoms with Gasteiger partial charge in [0.15, 0.2) is 0 Å². The minimum absolute atomic E-state index is 0.0661. The number of aryl methyl sites for hydroxylation is 1. The van der Waals surface area contributed by atoms with Crippen LogP contribution in [0.2, 0.25) is 0 Å². The molecule has 2 aromatic rings. The van der Waals surface area contributed by atoms with Gasteiger partial charge in [-0.25, -0.2) is 17.2 Å². The molecular formula is C33H48F2N4O6S. The summed E-state index contributed by atoms with van der Waals surface area (Å²) in [7, 11) is -3.39. The summed E-state index contributed by atoms with van der Waals surface area (Å²) < 4.78 is 51.7. The number of carbonyl (C=O) groups is 3. The van der Waals surface area contributed by atoms with Gasteiger partial charge in [0.05, 0.1) is 23.9 Å². The van der Waals surface area contributed by atoms with Crippen LogP contribution >= 0.6 is 0 Å². The second kappa shape index (κ2) is 18.1. The highest BCUT2D eigenvalue weighted by atomic mass is 32.2. The van der Waals surface area contributed by atoms with Crippen LogP contribution in [0.3, 0.4) is 0 Å². The van der Waals surface area contributed by atoms with E-state index >= 15 is 0 Å². The number of halogens is 2. The number of carbonyl (C=O) groups excluding carboxylic acids is 3. The second-order valence-electron chi connectivity index (χ2n) is 12.1. The highest BCUT2D eigenvalue weighted by molar-refractivity contribution is 7.90. The molecular weight excluding hydrogens is 618 g/mol. The Balaban J connectivity index is 2.37. The molecule has 0 fully saturated rings. The van der Waals surface area contributed by atoms with Crippen molar-refractivity contribution in [3.63, 3.8) is 0 Å². The van der Waals surface area contributed by atoms with Gasteiger partial charge in [-0.1, -0.05) is 13.8 Å². The first-order chi connectivity index (χ1) is 21.5. The molecule has 0 heterocycles. The van der Waals surface area contributed by atoms with Gasteiger partial charge in [-0.15, -0.1) is 0 Å². The van der Waals surface area contributed by atoms with Gasteiger partial charge in [-0.3, -0.25) is 14.4 Å². The third-order valence-electron chi connectivity index (χ3n) is 7.12. The lowest BCUT2D eigenvalue weighted by molar-refractivity contribution is -0.123. The summed E-state index contributed by atoms with van der Waals surface area (Å²) in [5.74, 6) is -3.23. The van der Waals surface area contributed by atoms with Crippen LogP contribution in [0.25, 0.3) is 0 Å². The van der Waals surface area contributed by atoms with Gasteiger partial charge in [-0.05, 0) is 87.9 Å². The van der Waals surface area contributed by atoms with Gasteiger partial charge in [-0.2, -0.15) is 0 Å². The molecule has 0 saturated heterocycles. The first-order valence-corrected chi connectivity index (χ1v) is 17.6. The van der Waals surface area contributed by atoms with Crippen molar-refractivity contribution in [2.75, 3.05) is 31.6 Å². The van der Waals surface area contributed by atoms with Crippen LogP contribution < -0.4 is 16.0 Å². The summed E-state index contributed by atoms with van der Waals surface area (Å²) >= 11 is 0. The lowest BCUT2D eigenvalue weighted by Crippen LogP contribution is -2.53. The first kappa shape index (κ1) is 38.8. The van der Waals surface area contributed by atoms with E-state index in [-0.39, 0.29) is 48.2 Å². The Hall–Kier alpha value is -3.42. The van der Waals surface area contributed by atoms with Gasteiger partial charge in [0, 0.05) is 49.1 Å². The van der Waals surface area contributed by atoms with Crippen molar-refractivity contribution in [2.24, 2.45) is 0 Å². The molecule has 2 rings (SSSR count). The molecule has 0 radical (unpaired) electrons. The predicted molar refractivity (Wildman–Crippen MR) is 174 cm³/mol. The van der Waals surface area contributed by atoms with Gasteiger partial charge in [0.1, 0.15) is 21.5 Å². The number of nitrogens with zero attached hydrogens (tertiary/aromatic N) is 1. The maximum atomic E-state index is 14.0. The zero-order valence-corrected chi connectivity index (χ0v) is 28.3. The van der Waals surface area contributed by atoms with E-state index in [2.05, 4.69) is 16.0 Å². The van der Waals surface area contributed by atoms with Crippen LogP contribution in [-0.2, 0) is 21.1 Å². The van der Waals surface area contributed by atoms with Crippen molar-refractivity contribution >= 4 is 27.6 Å². The topological polar surface area (TPSA) is 145 Å². The average molecular weight is 667 g/mol. The molecule has 2 aromatic carbocycles. The summed E-state index contributed by atoms with van der Waals surface area (Å²) in [5, 5.41) is 19.6. The molecule has 0 aliphatic rings. The Labute approximate surface area is 271 Å². The molecule has 0 bridgehead atoms. The lowest BCUT2D eigenvalue weighted by atomic mass is 9.99. The van der Waals surface area contributed by atoms with Crippen molar-refractivity contribution in [3.8, 4) is 0 Å². The largest absolute Gasteiger partial charge is 0.390 e. The molecule has 256 valence electrons. The van der Waals surface area contributed by atoms with Crippen molar-refractivity contribution in [1.82, 2.24) is 20.9 Å². The maximum Gasteiger partial charge on any atom is 0.253 e. The summed E-state index contributed by atoms with van der Waals surface area (Å²) in [6.07, 6.45) is 0.981. The Bertz CT molecular complexity index is 1430. The summed E-state index contributed by atoms with van der Waals surface area (Å²) in [6, 6.07) is 5.36. The van der Waals surface area contributed by atoms with Crippen LogP contribution in [-0.4, -0.2) is 92.0 Å². The van der Waals surface area contributed by atoms with Gasteiger partial charge in [0.25, 0.3) is 11.8 Å². The van der Waals surface area contributed by atoms with Crippen LogP contribution in [0.5, 0.6) is 0 Å². The molecule has 3 amide bonds. The van der Waals surface area contributed by atoms with Crippen LogP contribution in [0.4, 0.5) is 8.78 Å². The summed E-state index contributed by atoms with van der Waals surface area (Å²) in [6.45, 7) is 10.1. The monoisotopic (exact) mass is 666 g/mol. The highest BCUT2D eigenvalue weighted by Gasteiger charge is 2.27. The molecule has 0 aliphatic heterocycles. The molecule has 10 nitrogen and oxygen atoms in total. The molecule has 0 aromatic heterocycles. The van der Waals surface area contributed by atoms with Gasteiger partial charge >= 0.3 is 0 Å². The number of nitrogens with one attached hydrogen (secondary N) is 3. The van der Waals surface area contributed by atoms with E-state index in [1.165, 1.54) is 6.07 Å². The standard InChI is InChI=1S/C33H48F2N4O6S/c1-7-10-39(11-8-2)33(43)25-14-22(5)13-24(18-25)31(41)38-29(17-23-15-26(34)19-27(35)16-23)30(40)20-36-28(9-12-46(6,44)45)32(42)37-21(3)4/h13-16,18-19,21,28-30,36,40H,7-12,17,20H2,1-6H3,(H,37,42)(H,38,41)/t28-,29?,30?/m0/s1. The number of aliphatic hydroxyl groups is 1. The summed E-state index contributed by atoms with van der Waals surface area (Å²) in [4.78, 5) is 41.4. The van der Waals surface area contributed by atoms with E-state index in [4.69, 9.17) is 0 Å². The van der Waals surface area contributed by atoms with E-state index in [1.54, 1.807) is 37.8 Å². The van der Waals surface area contributed by atoms with E-state index in [0.717, 1.165) is 31.2 Å². The molecule has 0 spiro atoms. The number of hydrogen-bond acceptors (Lipinski definition) is 7. The molecule has 13 heteroatoms. The number of rotatable bonds is 18. The van der Waals surface area contributed by atoms with Crippen LogP contribution in [0.15, 0.2) is 36.4 Å². The fourth-order valence-corrected chi connectivity index (χ4v) is 5.70. The fraction of sp³-hybridized carbons (Fsp3) is 0.545. The zero-order valence-electron chi connectivity index (χ0n) is 27.5. The lowest BCUT2D eigenvalue weighted by Gasteiger charge is -2.27. The third-order valence-corrected chi connectivity index (χ3v) is 8.10. The van der Waals surface area contributed by atoms with Crippen LogP contribution in [0, 0.1) is 18.6 Å². The van der Waals surface area contributed by atoms with E-state index in [9.17, 15) is 36.7 Å². The number of aliphatic hydroxyl groups excluding tert-OH is 1. The quantitative estimate of drug-likeness (QED) is 0.191. The molecule has 3 atom stereocenters. The normalized spacial score (nSPS) is 13.6. The van der Waals surface area contributed by atoms with E-state index in [0.29, 0.717) is 30.3 Å². The maximum absolute atomic E-state index is 14.0. The predicted octanol–water partition coefficient (Wildman–Crippen LogP) is 3.15. The third kappa shape index (κ3) is 13.1. The SMILES string of the molecule is CCCN(CCC)C(=O)c1cc(C)cc(C(=O)NC(Cc2cc(F)cc(F)c2)C(O)CN[C@@H](CCS(C)(=O)=O)C(=O)NC(C)C)c1. The number of sulfone groups is 1. The number of amides is 3. The molecule has 46 heavy (non-hydrogen) atoms. The minimum Gasteiger partial charge on any atom is -0.390 e. The second-order valence-corrected chi connectivity index (χ2v) is 14.3.